The summed E-state index contributed by atoms with van der Waals surface area (Å²) in [6.07, 6.45) is -8.96. The van der Waals surface area contributed by atoms with E-state index < -0.39 is 60.2 Å². The van der Waals surface area contributed by atoms with Crippen molar-refractivity contribution in [2.45, 2.75) is 24.4 Å². The Balaban J connectivity index is 0.000000548. The lowest BCUT2D eigenvalue weighted by molar-refractivity contribution is -0.166. The summed E-state index contributed by atoms with van der Waals surface area (Å²) in [5.74, 6) is -9.17. The zero-order valence-electron chi connectivity index (χ0n) is 18.0. The van der Waals surface area contributed by atoms with Gasteiger partial charge < -0.3 is 40.1 Å². The Labute approximate surface area is 201 Å². The Hall–Kier alpha value is -4.82. The molecule has 2 rings (SSSR count). The minimum absolute atomic E-state index is 0.0253. The predicted molar refractivity (Wildman–Crippen MR) is 114 cm³/mol. The highest BCUT2D eigenvalue weighted by molar-refractivity contribution is 5.95. The fourth-order valence-electron chi connectivity index (χ4n) is 2.27. The number of carboxylic acids is 4. The van der Waals surface area contributed by atoms with E-state index in [4.69, 9.17) is 29.9 Å². The van der Waals surface area contributed by atoms with Crippen LogP contribution in [0.1, 0.15) is 20.7 Å². The van der Waals surface area contributed by atoms with E-state index in [0.717, 1.165) is 0 Å². The molecule has 0 saturated carbocycles. The molecule has 0 heterocycles. The molecule has 36 heavy (non-hydrogen) atoms. The molecule has 0 spiro atoms. The lowest BCUT2D eigenvalue weighted by Gasteiger charge is -2.21. The lowest BCUT2D eigenvalue weighted by atomic mass is 10.1. The van der Waals surface area contributed by atoms with Gasteiger partial charge in [-0.1, -0.05) is 36.4 Å². The van der Waals surface area contributed by atoms with Gasteiger partial charge in [-0.2, -0.15) is 0 Å². The number of carbonyl (C=O) groups is 6. The molecular formula is C22H20O14. The van der Waals surface area contributed by atoms with Crippen LogP contribution < -0.4 is 0 Å². The summed E-state index contributed by atoms with van der Waals surface area (Å²) in [6.45, 7) is 0. The van der Waals surface area contributed by atoms with Crippen LogP contribution in [0.2, 0.25) is 0 Å². The molecule has 14 heteroatoms. The molecule has 0 bridgehead atoms. The number of esters is 2. The number of hydrogen-bond donors (Lipinski definition) is 6. The van der Waals surface area contributed by atoms with Gasteiger partial charge >= 0.3 is 35.8 Å². The first kappa shape index (κ1) is 29.2. The van der Waals surface area contributed by atoms with Crippen molar-refractivity contribution in [1.29, 1.82) is 0 Å². The summed E-state index contributed by atoms with van der Waals surface area (Å²) in [6, 6.07) is 14.8. The molecule has 0 fully saturated rings. The van der Waals surface area contributed by atoms with E-state index in [1.165, 1.54) is 48.5 Å². The molecule has 0 saturated heterocycles. The number of rotatable bonds is 10. The van der Waals surface area contributed by atoms with E-state index in [1.807, 2.05) is 0 Å². The third-order valence-electron chi connectivity index (χ3n) is 4.05. The van der Waals surface area contributed by atoms with Gasteiger partial charge in [0.2, 0.25) is 12.2 Å². The highest BCUT2D eigenvalue weighted by atomic mass is 16.6. The molecule has 0 aliphatic heterocycles. The van der Waals surface area contributed by atoms with Crippen LogP contribution in [-0.2, 0) is 28.7 Å². The number of carbonyl (C=O) groups excluding carboxylic acids is 2. The van der Waals surface area contributed by atoms with Crippen LogP contribution in [0.5, 0.6) is 0 Å². The van der Waals surface area contributed by atoms with Crippen molar-refractivity contribution in [3.05, 3.63) is 71.8 Å². The number of benzene rings is 2. The number of carboxylic acid groups (broad SMARTS) is 4. The Morgan fingerprint density at radius 2 is 0.778 bits per heavy atom. The summed E-state index contributed by atoms with van der Waals surface area (Å²) < 4.78 is 9.52. The van der Waals surface area contributed by atoms with Crippen LogP contribution in [0.15, 0.2) is 60.7 Å². The third-order valence-corrected chi connectivity index (χ3v) is 4.05. The lowest BCUT2D eigenvalue weighted by Crippen LogP contribution is -2.45. The van der Waals surface area contributed by atoms with Gasteiger partial charge in [-0.05, 0) is 24.3 Å². The van der Waals surface area contributed by atoms with E-state index in [2.05, 4.69) is 0 Å². The number of hydrogen-bond acceptors (Lipinski definition) is 10. The maximum Gasteiger partial charge on any atom is 0.349 e. The molecule has 0 aromatic heterocycles. The molecule has 0 aliphatic carbocycles. The number of aliphatic carboxylic acids is 4. The summed E-state index contributed by atoms with van der Waals surface area (Å²) in [4.78, 5) is 66.4. The van der Waals surface area contributed by atoms with Gasteiger partial charge in [-0.3, -0.25) is 0 Å². The second-order valence-electron chi connectivity index (χ2n) is 6.63. The largest absolute Gasteiger partial charge is 0.479 e. The van der Waals surface area contributed by atoms with Crippen LogP contribution in [0, 0.1) is 0 Å². The van der Waals surface area contributed by atoms with Gasteiger partial charge in [0.1, 0.15) is 0 Å². The summed E-state index contributed by atoms with van der Waals surface area (Å²) in [5.41, 5.74) is 0.0505. The van der Waals surface area contributed by atoms with Crippen molar-refractivity contribution >= 4 is 35.8 Å². The molecule has 14 nitrogen and oxygen atoms in total. The van der Waals surface area contributed by atoms with Crippen molar-refractivity contribution in [1.82, 2.24) is 0 Å². The van der Waals surface area contributed by atoms with Crippen molar-refractivity contribution < 1.29 is 68.9 Å². The fourth-order valence-corrected chi connectivity index (χ4v) is 2.27. The maximum atomic E-state index is 12.0. The van der Waals surface area contributed by atoms with E-state index in [9.17, 15) is 39.0 Å². The number of ether oxygens (including phenoxy) is 2. The molecule has 2 aromatic carbocycles. The zero-order valence-corrected chi connectivity index (χ0v) is 18.0. The Bertz CT molecular complexity index is 995. The first-order valence-electron chi connectivity index (χ1n) is 9.66. The molecule has 2 aromatic rings. The standard InChI is InChI=1S/C18H14O8.C4H6O6/c19-15(20)13(25-17(23)11-7-3-1-4-8-11)14(16(21)22)26-18(24)12-9-5-2-6-10-12;5-1(3(7)8)2(6)4(9)10/h1-10,13-14H,(H,19,20)(H,21,22);1-2,5-6H,(H,7,8)(H,9,10). The predicted octanol–water partition coefficient (Wildman–Crippen LogP) is -0.516. The monoisotopic (exact) mass is 508 g/mol. The first-order chi connectivity index (χ1) is 16.9. The zero-order chi connectivity index (χ0) is 27.4. The van der Waals surface area contributed by atoms with Gasteiger partial charge in [-0.25, -0.2) is 28.8 Å². The molecule has 4 unspecified atom stereocenters. The second kappa shape index (κ2) is 13.8. The Morgan fingerprint density at radius 1 is 0.500 bits per heavy atom. The first-order valence-corrected chi connectivity index (χ1v) is 9.66. The molecule has 0 radical (unpaired) electrons. The van der Waals surface area contributed by atoms with E-state index in [0.29, 0.717) is 0 Å². The quantitative estimate of drug-likeness (QED) is 0.221. The maximum absolute atomic E-state index is 12.0. The minimum atomic E-state index is -2.27. The SMILES string of the molecule is O=C(O)C(O)C(O)C(=O)O.O=C(OC(C(=O)O)C(OC(=O)c1ccccc1)C(=O)O)c1ccccc1. The van der Waals surface area contributed by atoms with Crippen molar-refractivity contribution in [2.24, 2.45) is 0 Å². The van der Waals surface area contributed by atoms with Crippen LogP contribution in [0.4, 0.5) is 0 Å². The van der Waals surface area contributed by atoms with Gasteiger partial charge in [0.25, 0.3) is 0 Å². The summed E-state index contributed by atoms with van der Waals surface area (Å²) in [7, 11) is 0. The van der Waals surface area contributed by atoms with Crippen LogP contribution in [0.3, 0.4) is 0 Å². The summed E-state index contributed by atoms with van der Waals surface area (Å²) >= 11 is 0. The highest BCUT2D eigenvalue weighted by Crippen LogP contribution is 2.13. The molecule has 6 N–H and O–H groups in total. The van der Waals surface area contributed by atoms with Crippen molar-refractivity contribution in [3.63, 3.8) is 0 Å². The Kier molecular flexibility index (Phi) is 11.2. The molecule has 192 valence electrons. The van der Waals surface area contributed by atoms with Gasteiger partial charge in [0.15, 0.2) is 12.2 Å². The molecule has 0 amide bonds. The van der Waals surface area contributed by atoms with E-state index >= 15 is 0 Å². The normalized spacial score (nSPS) is 13.4. The highest BCUT2D eigenvalue weighted by Gasteiger charge is 2.41. The van der Waals surface area contributed by atoms with Crippen LogP contribution in [-0.4, -0.2) is 90.9 Å². The summed E-state index contributed by atoms with van der Waals surface area (Å²) in [5, 5.41) is 51.0. The molecular weight excluding hydrogens is 488 g/mol. The average Bonchev–Trinajstić information content (AvgIpc) is 2.85. The topological polar surface area (TPSA) is 242 Å². The van der Waals surface area contributed by atoms with Gasteiger partial charge in [0, 0.05) is 0 Å². The average molecular weight is 508 g/mol. The third kappa shape index (κ3) is 8.85. The molecule has 4 atom stereocenters. The van der Waals surface area contributed by atoms with Crippen molar-refractivity contribution in [3.8, 4) is 0 Å². The van der Waals surface area contributed by atoms with Crippen molar-refractivity contribution in [2.75, 3.05) is 0 Å². The van der Waals surface area contributed by atoms with Crippen LogP contribution in [0.25, 0.3) is 0 Å². The second-order valence-corrected chi connectivity index (χ2v) is 6.63. The molecule has 0 aliphatic rings. The smallest absolute Gasteiger partial charge is 0.349 e. The fraction of sp³-hybridized carbons (Fsp3) is 0.182. The van der Waals surface area contributed by atoms with Gasteiger partial charge in [-0.15, -0.1) is 0 Å². The Morgan fingerprint density at radius 3 is 1.00 bits per heavy atom. The number of aliphatic hydroxyl groups excluding tert-OH is 2. The van der Waals surface area contributed by atoms with E-state index in [1.54, 1.807) is 12.1 Å². The minimum Gasteiger partial charge on any atom is -0.479 e. The van der Waals surface area contributed by atoms with Gasteiger partial charge in [0.05, 0.1) is 11.1 Å². The van der Waals surface area contributed by atoms with Crippen LogP contribution >= 0.6 is 0 Å². The van der Waals surface area contributed by atoms with E-state index in [-0.39, 0.29) is 11.1 Å². The number of aliphatic hydroxyl groups is 2.